The average Bonchev–Trinajstić information content (AvgIpc) is 2.40. The van der Waals surface area contributed by atoms with E-state index in [0.29, 0.717) is 5.75 Å². The number of thioether (sulfide) groups is 1. The number of nitrogens with zero attached hydrogens (tertiary/aromatic N) is 1. The number of pyridine rings is 1. The Balaban J connectivity index is 0.00000180. The number of rotatable bonds is 5. The van der Waals surface area contributed by atoms with Gasteiger partial charge >= 0.3 is 29.6 Å². The average molecular weight is 281 g/mol. The van der Waals surface area contributed by atoms with Crippen LogP contribution in [0.15, 0.2) is 48.7 Å². The van der Waals surface area contributed by atoms with Gasteiger partial charge in [-0.15, -0.1) is 0 Å². The predicted molar refractivity (Wildman–Crippen MR) is 70.8 cm³/mol. The van der Waals surface area contributed by atoms with Gasteiger partial charge in [-0.05, 0) is 17.7 Å². The third-order valence-electron chi connectivity index (χ3n) is 2.38. The van der Waals surface area contributed by atoms with E-state index in [1.165, 1.54) is 11.8 Å². The fourth-order valence-electron chi connectivity index (χ4n) is 1.58. The zero-order valence-corrected chi connectivity index (χ0v) is 13.5. The van der Waals surface area contributed by atoms with Crippen LogP contribution in [0.1, 0.15) is 5.56 Å². The van der Waals surface area contributed by atoms with Gasteiger partial charge in [-0.3, -0.25) is 4.98 Å². The van der Waals surface area contributed by atoms with E-state index >= 15 is 0 Å². The standard InChI is InChI=1S/C14H13NO2S.Na/c16-14(17)10-18-9-11-6-7-15-13(8-11)12-4-2-1-3-5-12;/h1-8H,9-10H2,(H,16,17);/q;+1/p-1. The molecule has 0 aliphatic carbocycles. The molecule has 0 aliphatic rings. The molecule has 5 heteroatoms. The van der Waals surface area contributed by atoms with Crippen molar-refractivity contribution in [3.63, 3.8) is 0 Å². The van der Waals surface area contributed by atoms with Crippen LogP contribution in [0.3, 0.4) is 0 Å². The van der Waals surface area contributed by atoms with Gasteiger partial charge < -0.3 is 9.90 Å². The van der Waals surface area contributed by atoms with Gasteiger partial charge in [0.25, 0.3) is 0 Å². The van der Waals surface area contributed by atoms with Crippen molar-refractivity contribution < 1.29 is 39.5 Å². The van der Waals surface area contributed by atoms with Crippen LogP contribution in [-0.4, -0.2) is 16.7 Å². The number of carbonyl (C=O) groups excluding carboxylic acids is 1. The van der Waals surface area contributed by atoms with E-state index in [1.807, 2.05) is 42.5 Å². The first-order valence-electron chi connectivity index (χ1n) is 5.53. The Labute approximate surface area is 138 Å². The molecule has 2 rings (SSSR count). The largest absolute Gasteiger partial charge is 1.00 e. The van der Waals surface area contributed by atoms with Gasteiger partial charge in [0.15, 0.2) is 0 Å². The molecule has 0 saturated carbocycles. The van der Waals surface area contributed by atoms with Gasteiger partial charge in [-0.1, -0.05) is 30.3 Å². The van der Waals surface area contributed by atoms with E-state index in [9.17, 15) is 9.90 Å². The monoisotopic (exact) mass is 281 g/mol. The van der Waals surface area contributed by atoms with E-state index < -0.39 is 5.97 Å². The van der Waals surface area contributed by atoms with Crippen molar-refractivity contribution in [1.29, 1.82) is 0 Å². The molecule has 2 aromatic rings. The number of carboxylic acids is 1. The number of hydrogen-bond donors (Lipinski definition) is 0. The van der Waals surface area contributed by atoms with Gasteiger partial charge in [-0.2, -0.15) is 11.8 Å². The number of carboxylic acid groups (broad SMARTS) is 1. The molecule has 0 fully saturated rings. The zero-order valence-electron chi connectivity index (χ0n) is 10.7. The normalized spacial score (nSPS) is 9.68. The Bertz CT molecular complexity index is 534. The van der Waals surface area contributed by atoms with E-state index in [0.717, 1.165) is 16.8 Å². The molecule has 0 spiro atoms. The van der Waals surface area contributed by atoms with Gasteiger partial charge in [0.05, 0.1) is 11.7 Å². The second-order valence-corrected chi connectivity index (χ2v) is 4.77. The molecule has 1 aromatic heterocycles. The van der Waals surface area contributed by atoms with Crippen LogP contribution in [0.5, 0.6) is 0 Å². The third kappa shape index (κ3) is 5.37. The van der Waals surface area contributed by atoms with E-state index in [-0.39, 0.29) is 35.3 Å². The van der Waals surface area contributed by atoms with Crippen LogP contribution >= 0.6 is 11.8 Å². The summed E-state index contributed by atoms with van der Waals surface area (Å²) in [5, 5.41) is 10.3. The summed E-state index contributed by atoms with van der Waals surface area (Å²) in [6.45, 7) is 0. The predicted octanol–water partition coefficient (Wildman–Crippen LogP) is -1.26. The number of benzene rings is 1. The molecule has 0 saturated heterocycles. The summed E-state index contributed by atoms with van der Waals surface area (Å²) in [7, 11) is 0. The Kier molecular flexibility index (Phi) is 7.16. The number of aliphatic carboxylic acids is 1. The van der Waals surface area contributed by atoms with Crippen molar-refractivity contribution in [3.05, 3.63) is 54.2 Å². The van der Waals surface area contributed by atoms with Crippen molar-refractivity contribution >= 4 is 17.7 Å². The summed E-state index contributed by atoms with van der Waals surface area (Å²) in [5.41, 5.74) is 3.03. The molecule has 0 amide bonds. The third-order valence-corrected chi connectivity index (χ3v) is 3.36. The van der Waals surface area contributed by atoms with E-state index in [1.54, 1.807) is 6.20 Å². The summed E-state index contributed by atoms with van der Waals surface area (Å²) >= 11 is 1.33. The summed E-state index contributed by atoms with van der Waals surface area (Å²) in [6.07, 6.45) is 1.75. The molecule has 1 heterocycles. The zero-order chi connectivity index (χ0) is 12.8. The topological polar surface area (TPSA) is 53.0 Å². The maximum Gasteiger partial charge on any atom is 1.00 e. The van der Waals surface area contributed by atoms with Crippen LogP contribution in [0.4, 0.5) is 0 Å². The SMILES string of the molecule is O=C([O-])CSCc1ccnc(-c2ccccc2)c1.[Na+]. The molecule has 0 bridgehead atoms. The van der Waals surface area contributed by atoms with Crippen molar-refractivity contribution in [2.75, 3.05) is 5.75 Å². The molecular formula is C14H12NNaO2S. The maximum absolute atomic E-state index is 10.3. The fraction of sp³-hybridized carbons (Fsp3) is 0.143. The van der Waals surface area contributed by atoms with Crippen LogP contribution in [-0.2, 0) is 10.5 Å². The van der Waals surface area contributed by atoms with Crippen LogP contribution < -0.4 is 34.7 Å². The molecule has 0 radical (unpaired) electrons. The first-order valence-corrected chi connectivity index (χ1v) is 6.69. The van der Waals surface area contributed by atoms with Gasteiger partial charge in [0.1, 0.15) is 0 Å². The summed E-state index contributed by atoms with van der Waals surface area (Å²) in [4.78, 5) is 14.6. The van der Waals surface area contributed by atoms with E-state index in [2.05, 4.69) is 4.98 Å². The first-order chi connectivity index (χ1) is 8.75. The summed E-state index contributed by atoms with van der Waals surface area (Å²) in [5.74, 6) is -0.364. The molecule has 0 aliphatic heterocycles. The minimum absolute atomic E-state index is 0. The van der Waals surface area contributed by atoms with Crippen LogP contribution in [0.2, 0.25) is 0 Å². The molecule has 0 atom stereocenters. The number of aromatic nitrogens is 1. The first kappa shape index (κ1) is 16.2. The fourth-order valence-corrected chi connectivity index (χ4v) is 2.27. The Morgan fingerprint density at radius 2 is 1.95 bits per heavy atom. The minimum atomic E-state index is -1.03. The second-order valence-electron chi connectivity index (χ2n) is 3.78. The molecule has 92 valence electrons. The Morgan fingerprint density at radius 3 is 2.63 bits per heavy atom. The van der Waals surface area contributed by atoms with Crippen molar-refractivity contribution in [1.82, 2.24) is 4.98 Å². The van der Waals surface area contributed by atoms with Crippen molar-refractivity contribution in [3.8, 4) is 11.3 Å². The Hall–Kier alpha value is -0.810. The van der Waals surface area contributed by atoms with Crippen molar-refractivity contribution in [2.24, 2.45) is 0 Å². The van der Waals surface area contributed by atoms with Gasteiger partial charge in [-0.25, -0.2) is 0 Å². The van der Waals surface area contributed by atoms with Crippen LogP contribution in [0.25, 0.3) is 11.3 Å². The second kappa shape index (κ2) is 8.38. The molecule has 19 heavy (non-hydrogen) atoms. The maximum atomic E-state index is 10.3. The van der Waals surface area contributed by atoms with Gasteiger partial charge in [0.2, 0.25) is 0 Å². The molecular weight excluding hydrogens is 269 g/mol. The number of hydrogen-bond acceptors (Lipinski definition) is 4. The molecule has 0 unspecified atom stereocenters. The Morgan fingerprint density at radius 1 is 1.21 bits per heavy atom. The molecule has 0 N–H and O–H groups in total. The minimum Gasteiger partial charge on any atom is -0.549 e. The van der Waals surface area contributed by atoms with E-state index in [4.69, 9.17) is 0 Å². The van der Waals surface area contributed by atoms with Crippen molar-refractivity contribution in [2.45, 2.75) is 5.75 Å². The quantitative estimate of drug-likeness (QED) is 0.642. The van der Waals surface area contributed by atoms with Gasteiger partial charge in [0, 0.05) is 23.3 Å². The molecule has 3 nitrogen and oxygen atoms in total. The summed E-state index contributed by atoms with van der Waals surface area (Å²) < 4.78 is 0. The number of carbonyl (C=O) groups is 1. The smallest absolute Gasteiger partial charge is 0.549 e. The summed E-state index contributed by atoms with van der Waals surface area (Å²) in [6, 6.07) is 13.8. The molecule has 1 aromatic carbocycles. The van der Waals surface area contributed by atoms with Crippen LogP contribution in [0, 0.1) is 0 Å².